The van der Waals surface area contributed by atoms with Gasteiger partial charge in [0.1, 0.15) is 12.2 Å². The summed E-state index contributed by atoms with van der Waals surface area (Å²) in [6, 6.07) is 9.58. The van der Waals surface area contributed by atoms with Gasteiger partial charge in [-0.2, -0.15) is 0 Å². The molecule has 1 heterocycles. The van der Waals surface area contributed by atoms with Crippen molar-refractivity contribution >= 4 is 5.97 Å². The molecule has 0 saturated carbocycles. The summed E-state index contributed by atoms with van der Waals surface area (Å²) in [5, 5.41) is 10.0. The van der Waals surface area contributed by atoms with Gasteiger partial charge in [-0.15, -0.1) is 0 Å². The van der Waals surface area contributed by atoms with E-state index in [2.05, 4.69) is 0 Å². The Bertz CT molecular complexity index is 527. The largest absolute Gasteiger partial charge is 0.457 e. The summed E-state index contributed by atoms with van der Waals surface area (Å²) >= 11 is 0. The fourth-order valence-electron chi connectivity index (χ4n) is 2.74. The molecule has 1 fully saturated rings. The van der Waals surface area contributed by atoms with E-state index in [-0.39, 0.29) is 5.92 Å². The Balaban J connectivity index is 1.80. The molecule has 0 aromatic heterocycles. The van der Waals surface area contributed by atoms with Gasteiger partial charge in [-0.05, 0) is 0 Å². The SMILES string of the molecule is CC(=O)O[C@H]1[C@@H]2OC(c3ccccc3)OC[C@H]2C=C[C@@H]1O. The minimum Gasteiger partial charge on any atom is -0.457 e. The lowest BCUT2D eigenvalue weighted by molar-refractivity contribution is -0.266. The highest BCUT2D eigenvalue weighted by Crippen LogP contribution is 2.35. The van der Waals surface area contributed by atoms with Crippen LogP contribution in [0.2, 0.25) is 0 Å². The number of aliphatic hydroxyl groups excluding tert-OH is 1. The number of benzene rings is 1. The highest BCUT2D eigenvalue weighted by Gasteiger charge is 2.43. The topological polar surface area (TPSA) is 65.0 Å². The van der Waals surface area contributed by atoms with Gasteiger partial charge < -0.3 is 19.3 Å². The van der Waals surface area contributed by atoms with Gasteiger partial charge >= 0.3 is 5.97 Å². The fraction of sp³-hybridized carbons (Fsp3) is 0.438. The van der Waals surface area contributed by atoms with Crippen molar-refractivity contribution < 1.29 is 24.1 Å². The predicted molar refractivity (Wildman–Crippen MR) is 74.2 cm³/mol. The zero-order valence-electron chi connectivity index (χ0n) is 11.7. The van der Waals surface area contributed by atoms with Gasteiger partial charge in [0.15, 0.2) is 12.4 Å². The molecule has 112 valence electrons. The van der Waals surface area contributed by atoms with Crippen LogP contribution in [-0.2, 0) is 19.0 Å². The molecule has 1 aliphatic carbocycles. The molecule has 1 aromatic rings. The molecule has 1 unspecified atom stereocenters. The Labute approximate surface area is 123 Å². The van der Waals surface area contributed by atoms with E-state index in [1.165, 1.54) is 6.92 Å². The van der Waals surface area contributed by atoms with Crippen molar-refractivity contribution in [2.24, 2.45) is 5.92 Å². The molecule has 1 N–H and O–H groups in total. The van der Waals surface area contributed by atoms with Crippen molar-refractivity contribution in [2.75, 3.05) is 6.61 Å². The number of fused-ring (bicyclic) bond motifs is 1. The lowest BCUT2D eigenvalue weighted by Gasteiger charge is -2.42. The number of hydrogen-bond donors (Lipinski definition) is 1. The third-order valence-electron chi connectivity index (χ3n) is 3.73. The van der Waals surface area contributed by atoms with Crippen LogP contribution < -0.4 is 0 Å². The van der Waals surface area contributed by atoms with Crippen LogP contribution in [0.1, 0.15) is 18.8 Å². The molecule has 0 radical (unpaired) electrons. The molecular formula is C16H18O5. The maximum atomic E-state index is 11.2. The smallest absolute Gasteiger partial charge is 0.303 e. The van der Waals surface area contributed by atoms with E-state index in [0.717, 1.165) is 5.56 Å². The van der Waals surface area contributed by atoms with Crippen molar-refractivity contribution in [3.8, 4) is 0 Å². The quantitative estimate of drug-likeness (QED) is 0.662. The molecule has 21 heavy (non-hydrogen) atoms. The lowest BCUT2D eigenvalue weighted by Crippen LogP contribution is -2.51. The van der Waals surface area contributed by atoms with Crippen LogP contribution in [0.25, 0.3) is 0 Å². The van der Waals surface area contributed by atoms with Gasteiger partial charge in [0, 0.05) is 18.4 Å². The third kappa shape index (κ3) is 3.00. The zero-order chi connectivity index (χ0) is 14.8. The van der Waals surface area contributed by atoms with E-state index < -0.39 is 30.6 Å². The Morgan fingerprint density at radius 2 is 2.05 bits per heavy atom. The normalized spacial score (nSPS) is 35.0. The summed E-state index contributed by atoms with van der Waals surface area (Å²) in [7, 11) is 0. The van der Waals surface area contributed by atoms with Crippen LogP contribution in [0.5, 0.6) is 0 Å². The van der Waals surface area contributed by atoms with Crippen LogP contribution in [0, 0.1) is 5.92 Å². The monoisotopic (exact) mass is 290 g/mol. The van der Waals surface area contributed by atoms with Crippen molar-refractivity contribution in [1.29, 1.82) is 0 Å². The first-order valence-corrected chi connectivity index (χ1v) is 7.01. The van der Waals surface area contributed by atoms with Crippen LogP contribution in [0.4, 0.5) is 0 Å². The highest BCUT2D eigenvalue weighted by atomic mass is 16.7. The minimum atomic E-state index is -0.857. The van der Waals surface area contributed by atoms with E-state index in [9.17, 15) is 9.90 Å². The van der Waals surface area contributed by atoms with Gasteiger partial charge in [0.05, 0.1) is 6.61 Å². The number of hydrogen-bond acceptors (Lipinski definition) is 5. The molecule has 3 rings (SSSR count). The number of aliphatic hydroxyl groups is 1. The molecule has 2 aliphatic rings. The summed E-state index contributed by atoms with van der Waals surface area (Å²) in [6.45, 7) is 1.79. The third-order valence-corrected chi connectivity index (χ3v) is 3.73. The highest BCUT2D eigenvalue weighted by molar-refractivity contribution is 5.66. The summed E-state index contributed by atoms with van der Waals surface area (Å²) < 4.78 is 16.9. The van der Waals surface area contributed by atoms with Crippen molar-refractivity contribution in [3.05, 3.63) is 48.0 Å². The van der Waals surface area contributed by atoms with Gasteiger partial charge in [0.25, 0.3) is 0 Å². The second-order valence-electron chi connectivity index (χ2n) is 5.29. The summed E-state index contributed by atoms with van der Waals surface area (Å²) in [5.74, 6) is -0.461. The van der Waals surface area contributed by atoms with E-state index in [4.69, 9.17) is 14.2 Å². The molecule has 0 bridgehead atoms. The predicted octanol–water partition coefficient (Wildman–Crippen LogP) is 1.58. The fourth-order valence-corrected chi connectivity index (χ4v) is 2.74. The Kier molecular flexibility index (Phi) is 4.05. The van der Waals surface area contributed by atoms with Crippen LogP contribution >= 0.6 is 0 Å². The average molecular weight is 290 g/mol. The molecule has 1 aromatic carbocycles. The van der Waals surface area contributed by atoms with E-state index in [1.807, 2.05) is 36.4 Å². The van der Waals surface area contributed by atoms with Crippen molar-refractivity contribution in [2.45, 2.75) is 31.5 Å². The molecule has 5 nitrogen and oxygen atoms in total. The second kappa shape index (κ2) is 5.97. The maximum absolute atomic E-state index is 11.2. The molecule has 1 aliphatic heterocycles. The van der Waals surface area contributed by atoms with Crippen molar-refractivity contribution in [3.63, 3.8) is 0 Å². The number of esters is 1. The number of carbonyl (C=O) groups is 1. The first kappa shape index (κ1) is 14.3. The van der Waals surface area contributed by atoms with Gasteiger partial charge in [0.2, 0.25) is 0 Å². The summed E-state index contributed by atoms with van der Waals surface area (Å²) in [4.78, 5) is 11.2. The standard InChI is InChI=1S/C16H18O5/c1-10(17)20-15-13(18)8-7-12-9-19-16(21-14(12)15)11-5-3-2-4-6-11/h2-8,12-16,18H,9H2,1H3/t12-,13+,14-,15-,16?/m1/s1. The Morgan fingerprint density at radius 3 is 2.76 bits per heavy atom. The number of ether oxygens (including phenoxy) is 3. The maximum Gasteiger partial charge on any atom is 0.303 e. The first-order chi connectivity index (χ1) is 10.1. The second-order valence-corrected chi connectivity index (χ2v) is 5.29. The lowest BCUT2D eigenvalue weighted by atomic mass is 9.88. The van der Waals surface area contributed by atoms with E-state index in [1.54, 1.807) is 6.08 Å². The number of carbonyl (C=O) groups excluding carboxylic acids is 1. The van der Waals surface area contributed by atoms with Gasteiger partial charge in [-0.3, -0.25) is 4.79 Å². The van der Waals surface area contributed by atoms with Gasteiger partial charge in [-0.25, -0.2) is 0 Å². The molecule has 0 spiro atoms. The minimum absolute atomic E-state index is 0.0299. The zero-order valence-corrected chi connectivity index (χ0v) is 11.7. The molecule has 1 saturated heterocycles. The molecule has 0 amide bonds. The Morgan fingerprint density at radius 1 is 1.29 bits per heavy atom. The van der Waals surface area contributed by atoms with E-state index >= 15 is 0 Å². The van der Waals surface area contributed by atoms with Crippen LogP contribution in [0.3, 0.4) is 0 Å². The first-order valence-electron chi connectivity index (χ1n) is 7.01. The van der Waals surface area contributed by atoms with Crippen LogP contribution in [-0.4, -0.2) is 36.0 Å². The molecule has 5 atom stereocenters. The summed E-state index contributed by atoms with van der Waals surface area (Å²) in [6.07, 6.45) is 1.01. The van der Waals surface area contributed by atoms with Crippen molar-refractivity contribution in [1.82, 2.24) is 0 Å². The Hall–Kier alpha value is -1.69. The van der Waals surface area contributed by atoms with Crippen LogP contribution in [0.15, 0.2) is 42.5 Å². The molecule has 5 heteroatoms. The van der Waals surface area contributed by atoms with Gasteiger partial charge in [-0.1, -0.05) is 42.5 Å². The molecular weight excluding hydrogens is 272 g/mol. The van der Waals surface area contributed by atoms with E-state index in [0.29, 0.717) is 6.61 Å². The summed E-state index contributed by atoms with van der Waals surface area (Å²) in [5.41, 5.74) is 0.904. The number of rotatable bonds is 2. The average Bonchev–Trinajstić information content (AvgIpc) is 2.50.